The average Bonchev–Trinajstić information content (AvgIpc) is 3.26. The second-order valence-electron chi connectivity index (χ2n) is 11.1. The molecule has 0 spiro atoms. The van der Waals surface area contributed by atoms with Gasteiger partial charge in [0.15, 0.2) is 0 Å². The fourth-order valence-electron chi connectivity index (χ4n) is 5.35. The highest BCUT2D eigenvalue weighted by molar-refractivity contribution is 6.61. The molecule has 0 aliphatic carbocycles. The summed E-state index contributed by atoms with van der Waals surface area (Å²) in [5, 5.41) is 15.9. The van der Waals surface area contributed by atoms with Gasteiger partial charge in [0.2, 0.25) is 5.91 Å². The van der Waals surface area contributed by atoms with Crippen molar-refractivity contribution < 1.29 is 28.8 Å². The number of benzene rings is 2. The lowest BCUT2D eigenvalue weighted by Crippen LogP contribution is -2.34. The van der Waals surface area contributed by atoms with Gasteiger partial charge in [-0.05, 0) is 42.7 Å². The Hall–Kier alpha value is -5.01. The number of hydrogen-bond acceptors (Lipinski definition) is 9. The predicted octanol–water partition coefficient (Wildman–Crippen LogP) is 3.44. The lowest BCUT2D eigenvalue weighted by molar-refractivity contribution is -0.127. The molecule has 238 valence electrons. The number of carbonyl (C=O) groups is 3. The number of nitrogens with zero attached hydrogens (tertiary/aromatic N) is 3. The highest BCUT2D eigenvalue weighted by atomic mass is 16.6. The summed E-state index contributed by atoms with van der Waals surface area (Å²) < 4.78 is 10.8. The highest BCUT2D eigenvalue weighted by Gasteiger charge is 2.37. The first-order chi connectivity index (χ1) is 22.2. The molecular formula is C33H37BN6O6. The number of ether oxygens (including phenoxy) is 1. The van der Waals surface area contributed by atoms with Crippen LogP contribution in [0, 0.1) is 0 Å². The van der Waals surface area contributed by atoms with Crippen LogP contribution in [0.2, 0.25) is 0 Å². The van der Waals surface area contributed by atoms with E-state index in [4.69, 9.17) is 15.1 Å². The maximum absolute atomic E-state index is 13.3. The molecule has 3 aromatic rings. The van der Waals surface area contributed by atoms with Crippen LogP contribution in [-0.4, -0.2) is 65.4 Å². The Kier molecular flexibility index (Phi) is 10.5. The molecule has 1 unspecified atom stereocenters. The molecule has 3 amide bonds. The smallest absolute Gasteiger partial charge is 0.445 e. The van der Waals surface area contributed by atoms with Crippen LogP contribution in [-0.2, 0) is 20.8 Å². The van der Waals surface area contributed by atoms with Gasteiger partial charge >= 0.3 is 13.2 Å². The number of nitrogens with two attached hydrogens (primary N) is 1. The zero-order valence-electron chi connectivity index (χ0n) is 25.9. The SMILES string of the molecule is CCCN(CCC)C(=O)C1=Cc2ccc(C(=O)Nc3cnc4c(c3)B(O)OC4CNC(=O)OCc3ccccc3)cc2N=C(N)C1. The van der Waals surface area contributed by atoms with Crippen LogP contribution in [0.15, 0.2) is 71.4 Å². The van der Waals surface area contributed by atoms with E-state index in [0.717, 1.165) is 18.4 Å². The van der Waals surface area contributed by atoms with Gasteiger partial charge in [0.05, 0.1) is 29.8 Å². The molecule has 3 heterocycles. The first-order valence-electron chi connectivity index (χ1n) is 15.3. The summed E-state index contributed by atoms with van der Waals surface area (Å²) in [6.07, 6.45) is 3.85. The van der Waals surface area contributed by atoms with E-state index in [2.05, 4.69) is 20.6 Å². The number of hydrogen-bond donors (Lipinski definition) is 4. The maximum Gasteiger partial charge on any atom is 0.493 e. The second-order valence-corrected chi connectivity index (χ2v) is 11.1. The Bertz CT molecular complexity index is 1660. The largest absolute Gasteiger partial charge is 0.493 e. The molecule has 46 heavy (non-hydrogen) atoms. The van der Waals surface area contributed by atoms with Crippen LogP contribution in [0.25, 0.3) is 6.08 Å². The molecule has 0 bridgehead atoms. The van der Waals surface area contributed by atoms with E-state index in [1.54, 1.807) is 30.3 Å². The number of aromatic nitrogens is 1. The summed E-state index contributed by atoms with van der Waals surface area (Å²) in [5.41, 5.74) is 10.3. The van der Waals surface area contributed by atoms with Crippen molar-refractivity contribution in [3.05, 3.63) is 88.8 Å². The average molecular weight is 625 g/mol. The third-order valence-electron chi connectivity index (χ3n) is 7.52. The molecule has 0 saturated carbocycles. The molecule has 5 N–H and O–H groups in total. The number of nitrogens with one attached hydrogen (secondary N) is 2. The second kappa shape index (κ2) is 14.9. The van der Waals surface area contributed by atoms with Crippen molar-refractivity contribution in [3.63, 3.8) is 0 Å². The highest BCUT2D eigenvalue weighted by Crippen LogP contribution is 2.29. The Morgan fingerprint density at radius 2 is 1.87 bits per heavy atom. The molecule has 2 aliphatic rings. The number of amidine groups is 1. The predicted molar refractivity (Wildman–Crippen MR) is 176 cm³/mol. The minimum atomic E-state index is -1.29. The lowest BCUT2D eigenvalue weighted by Gasteiger charge is -2.22. The third kappa shape index (κ3) is 7.79. The number of aliphatic imine (C=N–C) groups is 1. The monoisotopic (exact) mass is 624 g/mol. The van der Waals surface area contributed by atoms with Gasteiger partial charge in [-0.25, -0.2) is 9.79 Å². The van der Waals surface area contributed by atoms with Crippen molar-refractivity contribution >= 4 is 53.8 Å². The zero-order chi connectivity index (χ0) is 32.6. The fourth-order valence-corrected chi connectivity index (χ4v) is 5.35. The minimum Gasteiger partial charge on any atom is -0.445 e. The number of anilines is 1. The Labute approximate surface area is 267 Å². The van der Waals surface area contributed by atoms with Crippen molar-refractivity contribution in [3.8, 4) is 0 Å². The van der Waals surface area contributed by atoms with Crippen LogP contribution in [0.1, 0.15) is 66.4 Å². The van der Waals surface area contributed by atoms with Crippen LogP contribution in [0.4, 0.5) is 16.2 Å². The number of carbonyl (C=O) groups excluding carboxylic acids is 3. The summed E-state index contributed by atoms with van der Waals surface area (Å²) in [4.78, 5) is 49.3. The molecule has 2 aromatic carbocycles. The molecule has 1 atom stereocenters. The summed E-state index contributed by atoms with van der Waals surface area (Å²) in [5.74, 6) is -0.199. The topological polar surface area (TPSA) is 168 Å². The fraction of sp³-hybridized carbons (Fsp3) is 0.303. The van der Waals surface area contributed by atoms with E-state index in [9.17, 15) is 19.4 Å². The normalized spacial score (nSPS) is 15.1. The summed E-state index contributed by atoms with van der Waals surface area (Å²) >= 11 is 0. The number of fused-ring (bicyclic) bond motifs is 2. The molecule has 13 heteroatoms. The zero-order valence-corrected chi connectivity index (χ0v) is 25.9. The Morgan fingerprint density at radius 1 is 1.11 bits per heavy atom. The van der Waals surface area contributed by atoms with Crippen LogP contribution in [0.5, 0.6) is 0 Å². The van der Waals surface area contributed by atoms with E-state index in [1.165, 1.54) is 6.20 Å². The minimum absolute atomic E-state index is 0.0339. The molecular weight excluding hydrogens is 587 g/mol. The van der Waals surface area contributed by atoms with Gasteiger partial charge in [-0.1, -0.05) is 50.2 Å². The van der Waals surface area contributed by atoms with Crippen molar-refractivity contribution in [2.24, 2.45) is 10.7 Å². The number of pyridine rings is 1. The molecule has 0 saturated heterocycles. The van der Waals surface area contributed by atoms with E-state index >= 15 is 0 Å². The van der Waals surface area contributed by atoms with E-state index < -0.39 is 25.2 Å². The van der Waals surface area contributed by atoms with Crippen LogP contribution >= 0.6 is 0 Å². The summed E-state index contributed by atoms with van der Waals surface area (Å²) in [6, 6.07) is 15.9. The number of rotatable bonds is 11. The number of amides is 3. The molecule has 2 aliphatic heterocycles. The molecule has 12 nitrogen and oxygen atoms in total. The third-order valence-corrected chi connectivity index (χ3v) is 7.52. The van der Waals surface area contributed by atoms with E-state index in [0.29, 0.717) is 52.3 Å². The molecule has 1 aromatic heterocycles. The van der Waals surface area contributed by atoms with Gasteiger partial charge in [0.1, 0.15) is 18.5 Å². The molecule has 0 fully saturated rings. The van der Waals surface area contributed by atoms with Crippen LogP contribution < -0.4 is 21.8 Å². The Balaban J connectivity index is 1.23. The summed E-state index contributed by atoms with van der Waals surface area (Å²) in [7, 11) is -1.29. The van der Waals surface area contributed by atoms with E-state index in [1.807, 2.05) is 49.1 Å². The number of alkyl carbamates (subject to hydrolysis) is 1. The molecule has 5 rings (SSSR count). The van der Waals surface area contributed by atoms with Gasteiger partial charge in [-0.2, -0.15) is 0 Å². The van der Waals surface area contributed by atoms with Crippen LogP contribution in [0.3, 0.4) is 0 Å². The van der Waals surface area contributed by atoms with Crippen molar-refractivity contribution in [2.75, 3.05) is 25.0 Å². The first kappa shape index (κ1) is 32.4. The quantitative estimate of drug-likeness (QED) is 0.235. The van der Waals surface area contributed by atoms with Crippen molar-refractivity contribution in [1.82, 2.24) is 15.2 Å². The van der Waals surface area contributed by atoms with Gasteiger partial charge in [-0.3, -0.25) is 14.6 Å². The van der Waals surface area contributed by atoms with Gasteiger partial charge < -0.3 is 35.7 Å². The van der Waals surface area contributed by atoms with Gasteiger partial charge in [0.25, 0.3) is 5.91 Å². The maximum atomic E-state index is 13.3. The standard InChI is InChI=1S/C33H37BN6O6/c1-3-12-40(13-4-2)32(42)24-14-22-10-11-23(15-27(22)39-29(35)16-24)31(41)38-25-17-26-30(36-18-25)28(46-34(26)44)19-37-33(43)45-20-21-8-6-5-7-9-21/h5-11,14-15,17-18,28,44H,3-4,12-13,16,19-20H2,1-2H3,(H2,35,39)(H,37,43)(H,38,41). The lowest BCUT2D eigenvalue weighted by atomic mass is 9.81. The Morgan fingerprint density at radius 3 is 2.61 bits per heavy atom. The van der Waals surface area contributed by atoms with E-state index in [-0.39, 0.29) is 31.3 Å². The van der Waals surface area contributed by atoms with Crippen molar-refractivity contribution in [1.29, 1.82) is 0 Å². The van der Waals surface area contributed by atoms with Crippen molar-refractivity contribution in [2.45, 2.75) is 45.8 Å². The first-order valence-corrected chi connectivity index (χ1v) is 15.3. The summed E-state index contributed by atoms with van der Waals surface area (Å²) in [6.45, 7) is 5.55. The van der Waals surface area contributed by atoms with Gasteiger partial charge in [-0.15, -0.1) is 0 Å². The van der Waals surface area contributed by atoms with Gasteiger partial charge in [0, 0.05) is 41.7 Å². The molecule has 0 radical (unpaired) electrons.